The van der Waals surface area contributed by atoms with Crippen molar-refractivity contribution in [3.63, 3.8) is 0 Å². The molecule has 0 unspecified atom stereocenters. The molecular weight excluding hydrogens is 369 g/mol. The van der Waals surface area contributed by atoms with Gasteiger partial charge < -0.3 is 4.90 Å². The first-order valence-electron chi connectivity index (χ1n) is 9.43. The molecule has 0 atom stereocenters. The van der Waals surface area contributed by atoms with Gasteiger partial charge in [0.15, 0.2) is 0 Å². The van der Waals surface area contributed by atoms with Crippen molar-refractivity contribution in [1.82, 2.24) is 9.88 Å². The van der Waals surface area contributed by atoms with E-state index in [2.05, 4.69) is 37.9 Å². The Labute approximate surface area is 170 Å². The van der Waals surface area contributed by atoms with Gasteiger partial charge in [0.25, 0.3) is 0 Å². The van der Waals surface area contributed by atoms with Gasteiger partial charge in [0.1, 0.15) is 5.82 Å². The number of nitrogens with zero attached hydrogens (tertiary/aromatic N) is 3. The topological polar surface area (TPSA) is 28.5 Å². The number of aliphatic imine (C=N–C) groups is 1. The lowest BCUT2D eigenvalue weighted by atomic mass is 10.0. The summed E-state index contributed by atoms with van der Waals surface area (Å²) in [6, 6.07) is 9.61. The van der Waals surface area contributed by atoms with Crippen molar-refractivity contribution < 1.29 is 4.39 Å². The summed E-state index contributed by atoms with van der Waals surface area (Å²) in [5.74, 6) is -0.191. The van der Waals surface area contributed by atoms with Crippen molar-refractivity contribution in [1.29, 1.82) is 0 Å². The fourth-order valence-electron chi connectivity index (χ4n) is 2.87. The predicted octanol–water partition coefficient (Wildman–Crippen LogP) is 6.08. The third-order valence-corrected chi connectivity index (χ3v) is 5.76. The van der Waals surface area contributed by atoms with Gasteiger partial charge in [-0.3, -0.25) is 0 Å². The van der Waals surface area contributed by atoms with Gasteiger partial charge in [0.2, 0.25) is 0 Å². The van der Waals surface area contributed by atoms with E-state index in [9.17, 15) is 4.39 Å². The van der Waals surface area contributed by atoms with Gasteiger partial charge >= 0.3 is 0 Å². The molecule has 0 bridgehead atoms. The van der Waals surface area contributed by atoms with Crippen LogP contribution in [0.4, 0.5) is 10.1 Å². The highest BCUT2D eigenvalue weighted by atomic mass is 32.1. The van der Waals surface area contributed by atoms with Crippen LogP contribution in [0.2, 0.25) is 0 Å². The zero-order valence-corrected chi connectivity index (χ0v) is 17.9. The second-order valence-corrected chi connectivity index (χ2v) is 8.09. The molecule has 0 N–H and O–H groups in total. The first kappa shape index (κ1) is 20.2. The number of thiazole rings is 1. The molecule has 0 aliphatic carbocycles. The average Bonchev–Trinajstić information content (AvgIpc) is 3.13. The van der Waals surface area contributed by atoms with Crippen molar-refractivity contribution >= 4 is 23.4 Å². The predicted molar refractivity (Wildman–Crippen MR) is 117 cm³/mol. The van der Waals surface area contributed by atoms with E-state index in [4.69, 9.17) is 4.98 Å². The number of aromatic nitrogens is 1. The molecule has 3 aromatic rings. The molecule has 5 heteroatoms. The average molecular weight is 396 g/mol. The van der Waals surface area contributed by atoms with Crippen LogP contribution < -0.4 is 0 Å². The normalized spacial score (nSPS) is 11.4. The van der Waals surface area contributed by atoms with Crippen LogP contribution in [-0.4, -0.2) is 29.8 Å². The highest BCUT2D eigenvalue weighted by Crippen LogP contribution is 2.28. The first-order chi connectivity index (χ1) is 13.4. The molecule has 0 saturated carbocycles. The summed E-state index contributed by atoms with van der Waals surface area (Å²) in [7, 11) is 2.01. The molecule has 0 radical (unpaired) electrons. The van der Waals surface area contributed by atoms with Gasteiger partial charge in [-0.15, -0.1) is 11.3 Å². The van der Waals surface area contributed by atoms with E-state index in [1.807, 2.05) is 29.7 Å². The lowest BCUT2D eigenvalue weighted by Crippen LogP contribution is -2.14. The van der Waals surface area contributed by atoms with Crippen molar-refractivity contribution in [2.75, 3.05) is 13.6 Å². The Kier molecular flexibility index (Phi) is 6.25. The van der Waals surface area contributed by atoms with Crippen molar-refractivity contribution in [2.45, 2.75) is 34.1 Å². The zero-order chi connectivity index (χ0) is 20.3. The van der Waals surface area contributed by atoms with Crippen molar-refractivity contribution in [3.05, 3.63) is 68.8 Å². The second kappa shape index (κ2) is 8.65. The fraction of sp³-hybridized carbons (Fsp3) is 0.304. The van der Waals surface area contributed by atoms with Crippen LogP contribution >= 0.6 is 11.3 Å². The van der Waals surface area contributed by atoms with Crippen LogP contribution in [0.25, 0.3) is 11.3 Å². The molecule has 3 rings (SSSR count). The molecule has 1 heterocycles. The van der Waals surface area contributed by atoms with Crippen molar-refractivity contribution in [3.8, 4) is 11.3 Å². The summed E-state index contributed by atoms with van der Waals surface area (Å²) >= 11 is 1.62. The highest BCUT2D eigenvalue weighted by Gasteiger charge is 2.10. The monoisotopic (exact) mass is 395 g/mol. The Morgan fingerprint density at radius 1 is 1.11 bits per heavy atom. The molecular formula is C23H26FN3S. The Morgan fingerprint density at radius 2 is 1.89 bits per heavy atom. The molecule has 0 aliphatic rings. The third-order valence-electron chi connectivity index (χ3n) is 4.91. The van der Waals surface area contributed by atoms with Crippen LogP contribution in [0.15, 0.2) is 40.7 Å². The van der Waals surface area contributed by atoms with Crippen LogP contribution in [0.1, 0.15) is 34.2 Å². The van der Waals surface area contributed by atoms with Gasteiger partial charge in [-0.05, 0) is 62.1 Å². The minimum atomic E-state index is -0.191. The Morgan fingerprint density at radius 3 is 2.61 bits per heavy atom. The lowest BCUT2D eigenvalue weighted by Gasteiger charge is -2.11. The van der Waals surface area contributed by atoms with E-state index in [0.717, 1.165) is 40.5 Å². The van der Waals surface area contributed by atoms with Gasteiger partial charge in [0.05, 0.1) is 22.7 Å². The van der Waals surface area contributed by atoms with Crippen molar-refractivity contribution in [2.24, 2.45) is 4.99 Å². The van der Waals surface area contributed by atoms with E-state index in [1.165, 1.54) is 11.1 Å². The van der Waals surface area contributed by atoms with E-state index in [0.29, 0.717) is 5.56 Å². The van der Waals surface area contributed by atoms with Gasteiger partial charge in [-0.2, -0.15) is 0 Å². The maximum Gasteiger partial charge on any atom is 0.126 e. The third kappa shape index (κ3) is 4.65. The standard InChI is InChI=1S/C23H26FN3S/c1-6-27(5)14-25-21-10-16(3)19(9-17(21)4)12-23-26-22(13-28-23)18-8-7-15(2)20(24)11-18/h7-11,13-14H,6,12H2,1-5H3. The molecule has 0 spiro atoms. The van der Waals surface area contributed by atoms with Gasteiger partial charge in [0, 0.05) is 31.0 Å². The highest BCUT2D eigenvalue weighted by molar-refractivity contribution is 7.10. The minimum Gasteiger partial charge on any atom is -0.366 e. The summed E-state index contributed by atoms with van der Waals surface area (Å²) in [6.07, 6.45) is 2.64. The second-order valence-electron chi connectivity index (χ2n) is 7.15. The summed E-state index contributed by atoms with van der Waals surface area (Å²) in [4.78, 5) is 11.4. The molecule has 0 amide bonds. The van der Waals surface area contributed by atoms with Gasteiger partial charge in [-0.1, -0.05) is 18.2 Å². The molecule has 0 fully saturated rings. The number of aryl methyl sites for hydroxylation is 3. The zero-order valence-electron chi connectivity index (χ0n) is 17.1. The molecule has 2 aromatic carbocycles. The Bertz CT molecular complexity index is 1010. The minimum absolute atomic E-state index is 0.191. The summed E-state index contributed by atoms with van der Waals surface area (Å²) in [5.41, 5.74) is 6.90. The fourth-order valence-corrected chi connectivity index (χ4v) is 3.70. The van der Waals surface area contributed by atoms with E-state index in [-0.39, 0.29) is 5.82 Å². The maximum absolute atomic E-state index is 13.9. The number of benzene rings is 2. The Balaban J connectivity index is 1.80. The number of halogens is 1. The summed E-state index contributed by atoms with van der Waals surface area (Å²) in [6.45, 7) is 8.99. The van der Waals surface area contributed by atoms with E-state index in [1.54, 1.807) is 30.4 Å². The quantitative estimate of drug-likeness (QED) is 0.374. The molecule has 0 saturated heterocycles. The van der Waals surface area contributed by atoms with Crippen LogP contribution in [0.3, 0.4) is 0 Å². The number of hydrogen-bond acceptors (Lipinski definition) is 3. The smallest absolute Gasteiger partial charge is 0.126 e. The van der Waals surface area contributed by atoms with Gasteiger partial charge in [-0.25, -0.2) is 14.4 Å². The SMILES string of the molecule is CCN(C)C=Nc1cc(C)c(Cc2nc(-c3ccc(C)c(F)c3)cs2)cc1C. The van der Waals surface area contributed by atoms with E-state index >= 15 is 0 Å². The van der Waals surface area contributed by atoms with Crippen LogP contribution in [0, 0.1) is 26.6 Å². The Hall–Kier alpha value is -2.53. The first-order valence-corrected chi connectivity index (χ1v) is 10.3. The molecule has 0 aliphatic heterocycles. The van der Waals surface area contributed by atoms with E-state index < -0.39 is 0 Å². The maximum atomic E-state index is 13.9. The number of hydrogen-bond donors (Lipinski definition) is 0. The number of rotatable bonds is 6. The molecule has 28 heavy (non-hydrogen) atoms. The summed E-state index contributed by atoms with van der Waals surface area (Å²) < 4.78 is 13.9. The summed E-state index contributed by atoms with van der Waals surface area (Å²) in [5, 5.41) is 3.03. The van der Waals surface area contributed by atoms with Crippen LogP contribution in [0.5, 0.6) is 0 Å². The lowest BCUT2D eigenvalue weighted by molar-refractivity contribution is 0.552. The largest absolute Gasteiger partial charge is 0.366 e. The molecule has 1 aromatic heterocycles. The molecule has 146 valence electrons. The molecule has 3 nitrogen and oxygen atoms in total. The van der Waals surface area contributed by atoms with Crippen LogP contribution in [-0.2, 0) is 6.42 Å².